The summed E-state index contributed by atoms with van der Waals surface area (Å²) in [5, 5.41) is 10.7. The third-order valence-corrected chi connectivity index (χ3v) is 19.8. The van der Waals surface area contributed by atoms with Gasteiger partial charge in [-0.25, -0.2) is 9.13 Å². The van der Waals surface area contributed by atoms with Crippen molar-refractivity contribution < 1.29 is 80.2 Å². The standard InChI is InChI=1S/C85H152O17P2/c1-5-9-13-17-21-25-29-33-37-38-39-40-44-46-50-54-58-62-66-70-83(88)96-76-81(102-85(90)72-68-64-60-56-52-48-43-36-32-28-24-20-16-12-8-4)78-100-104(93,94)98-74-79(86)73-97-103(91,92)99-77-80(101-84(89)71-67-63-59-55-51-47-42-35-31-27-23-19-15-11-7-3)75-95-82(87)69-65-61-57-53-49-45-41-34-30-26-22-18-14-10-6-2/h9,13,21-22,25-26,33-34,37,39-41,46,50,79-81,86H,5-8,10-12,14-20,23-24,27-32,35-36,38,42-45,47-49,51-78H2,1-4H3,(H,91,92)(H,93,94)/b13-9-,25-21-,26-22-,37-33-,40-39-,41-34-,50-46-. The van der Waals surface area contributed by atoms with E-state index in [1.54, 1.807) is 0 Å². The minimum absolute atomic E-state index is 0.0918. The molecule has 0 aromatic rings. The Morgan fingerprint density at radius 2 is 0.500 bits per heavy atom. The average molecular weight is 1510 g/mol. The SMILES string of the molecule is CC/C=C\C/C=C\C/C=C\C/C=C\C/C=C\CCCCCC(=O)OCC(COP(=O)(O)OCC(O)COP(=O)(O)OCC(COC(=O)CCCCCCC/C=C\C/C=C\CCCCC)OC(=O)CCCCCCCCCCCCCCCCC)OC(=O)CCCCCCCCCCCCCCCCC. The zero-order chi connectivity index (χ0) is 76.0. The van der Waals surface area contributed by atoms with Gasteiger partial charge in [-0.05, 0) is 103 Å². The van der Waals surface area contributed by atoms with Crippen LogP contribution in [0, 0.1) is 0 Å². The van der Waals surface area contributed by atoms with E-state index in [0.29, 0.717) is 25.7 Å². The largest absolute Gasteiger partial charge is 0.472 e. The lowest BCUT2D eigenvalue weighted by Crippen LogP contribution is -2.30. The van der Waals surface area contributed by atoms with Gasteiger partial charge in [0.2, 0.25) is 0 Å². The molecule has 0 radical (unpaired) electrons. The van der Waals surface area contributed by atoms with Crippen molar-refractivity contribution in [1.29, 1.82) is 0 Å². The first-order valence-corrected chi connectivity index (χ1v) is 44.8. The number of rotatable bonds is 79. The average Bonchev–Trinajstić information content (AvgIpc) is 0.918. The molecular formula is C85H152O17P2. The molecule has 3 N–H and O–H groups in total. The Kier molecular flexibility index (Phi) is 74.6. The van der Waals surface area contributed by atoms with Gasteiger partial charge in [0.1, 0.15) is 19.3 Å². The zero-order valence-corrected chi connectivity index (χ0v) is 68.0. The molecule has 19 heteroatoms. The number of carbonyl (C=O) groups is 4. The van der Waals surface area contributed by atoms with Crippen molar-refractivity contribution in [3.05, 3.63) is 85.1 Å². The Morgan fingerprint density at radius 3 is 0.798 bits per heavy atom. The number of carbonyl (C=O) groups excluding carboxylic acids is 4. The number of phosphoric acid groups is 2. The van der Waals surface area contributed by atoms with Crippen molar-refractivity contribution in [3.8, 4) is 0 Å². The van der Waals surface area contributed by atoms with E-state index in [1.807, 2.05) is 0 Å². The third-order valence-electron chi connectivity index (χ3n) is 17.9. The zero-order valence-electron chi connectivity index (χ0n) is 66.2. The molecule has 0 aliphatic rings. The summed E-state index contributed by atoms with van der Waals surface area (Å²) in [6.07, 6.45) is 81.2. The molecule has 0 fully saturated rings. The van der Waals surface area contributed by atoms with Gasteiger partial charge in [0, 0.05) is 25.7 Å². The Bertz CT molecular complexity index is 2300. The Labute approximate surface area is 634 Å². The first-order chi connectivity index (χ1) is 50.7. The van der Waals surface area contributed by atoms with Gasteiger partial charge < -0.3 is 33.8 Å². The second-order valence-electron chi connectivity index (χ2n) is 28.1. The van der Waals surface area contributed by atoms with Crippen molar-refractivity contribution in [2.45, 2.75) is 393 Å². The highest BCUT2D eigenvalue weighted by Crippen LogP contribution is 2.45. The topological polar surface area (TPSA) is 237 Å². The number of aliphatic hydroxyl groups is 1. The van der Waals surface area contributed by atoms with Crippen LogP contribution in [0.4, 0.5) is 0 Å². The smallest absolute Gasteiger partial charge is 0.462 e. The number of hydrogen-bond acceptors (Lipinski definition) is 15. The third kappa shape index (κ3) is 76.4. The molecule has 0 saturated heterocycles. The van der Waals surface area contributed by atoms with Crippen molar-refractivity contribution in [2.75, 3.05) is 39.6 Å². The molecule has 17 nitrogen and oxygen atoms in total. The van der Waals surface area contributed by atoms with Gasteiger partial charge in [-0.2, -0.15) is 0 Å². The summed E-state index contributed by atoms with van der Waals surface area (Å²) in [7, 11) is -9.96. The fourth-order valence-corrected chi connectivity index (χ4v) is 13.1. The predicted molar refractivity (Wildman–Crippen MR) is 427 cm³/mol. The van der Waals surface area contributed by atoms with Gasteiger partial charge in [-0.1, -0.05) is 331 Å². The van der Waals surface area contributed by atoms with Gasteiger partial charge >= 0.3 is 39.5 Å². The molecule has 0 aliphatic heterocycles. The fraction of sp³-hybridized carbons (Fsp3) is 0.788. The van der Waals surface area contributed by atoms with E-state index in [1.165, 1.54) is 148 Å². The lowest BCUT2D eigenvalue weighted by atomic mass is 10.0. The lowest BCUT2D eigenvalue weighted by molar-refractivity contribution is -0.161. The van der Waals surface area contributed by atoms with E-state index in [9.17, 15) is 43.2 Å². The van der Waals surface area contributed by atoms with Crippen molar-refractivity contribution in [3.63, 3.8) is 0 Å². The molecule has 5 unspecified atom stereocenters. The van der Waals surface area contributed by atoms with E-state index >= 15 is 0 Å². The number of unbranched alkanes of at least 4 members (excludes halogenated alkanes) is 39. The molecule has 5 atom stereocenters. The number of hydrogen-bond donors (Lipinski definition) is 3. The van der Waals surface area contributed by atoms with Crippen LogP contribution in [0.5, 0.6) is 0 Å². The quantitative estimate of drug-likeness (QED) is 0.0169. The number of esters is 4. The van der Waals surface area contributed by atoms with E-state index in [2.05, 4.69) is 113 Å². The molecule has 0 aromatic carbocycles. The van der Waals surface area contributed by atoms with E-state index in [-0.39, 0.29) is 25.7 Å². The molecule has 0 rings (SSSR count). The van der Waals surface area contributed by atoms with Crippen LogP contribution in [0.1, 0.15) is 374 Å². The van der Waals surface area contributed by atoms with Crippen molar-refractivity contribution in [1.82, 2.24) is 0 Å². The number of allylic oxidation sites excluding steroid dienone is 14. The summed E-state index contributed by atoms with van der Waals surface area (Å²) in [6, 6.07) is 0. The minimum Gasteiger partial charge on any atom is -0.462 e. The van der Waals surface area contributed by atoms with Crippen LogP contribution in [-0.4, -0.2) is 96.7 Å². The molecule has 0 aliphatic carbocycles. The summed E-state index contributed by atoms with van der Waals surface area (Å²) < 4.78 is 68.7. The molecule has 0 bridgehead atoms. The second-order valence-corrected chi connectivity index (χ2v) is 31.0. The number of ether oxygens (including phenoxy) is 4. The van der Waals surface area contributed by atoms with Crippen LogP contribution in [0.3, 0.4) is 0 Å². The van der Waals surface area contributed by atoms with E-state index in [0.717, 1.165) is 148 Å². The van der Waals surface area contributed by atoms with Crippen LogP contribution in [-0.2, 0) is 65.4 Å². The fourth-order valence-electron chi connectivity index (χ4n) is 11.5. The highest BCUT2D eigenvalue weighted by Gasteiger charge is 2.30. The summed E-state index contributed by atoms with van der Waals surface area (Å²) in [4.78, 5) is 73.1. The van der Waals surface area contributed by atoms with Crippen LogP contribution in [0.15, 0.2) is 85.1 Å². The maximum atomic E-state index is 13.1. The monoisotopic (exact) mass is 1510 g/mol. The second kappa shape index (κ2) is 77.4. The van der Waals surface area contributed by atoms with E-state index in [4.69, 9.17) is 37.0 Å². The first-order valence-electron chi connectivity index (χ1n) is 41.8. The first kappa shape index (κ1) is 100. The Hall–Kier alpha value is -3.76. The highest BCUT2D eigenvalue weighted by atomic mass is 31.2. The predicted octanol–water partition coefficient (Wildman–Crippen LogP) is 24.6. The maximum Gasteiger partial charge on any atom is 0.472 e. The van der Waals surface area contributed by atoms with Gasteiger partial charge in [0.25, 0.3) is 0 Å². The van der Waals surface area contributed by atoms with E-state index < -0.39 is 97.5 Å². The van der Waals surface area contributed by atoms with Crippen LogP contribution >= 0.6 is 15.6 Å². The lowest BCUT2D eigenvalue weighted by Gasteiger charge is -2.21. The van der Waals surface area contributed by atoms with Crippen LogP contribution in [0.2, 0.25) is 0 Å². The summed E-state index contributed by atoms with van der Waals surface area (Å²) in [5.41, 5.74) is 0. The molecule has 0 aromatic heterocycles. The van der Waals surface area contributed by atoms with Crippen molar-refractivity contribution in [2.24, 2.45) is 0 Å². The molecule has 0 saturated carbocycles. The molecular weight excluding hydrogens is 1350 g/mol. The molecule has 104 heavy (non-hydrogen) atoms. The molecule has 0 amide bonds. The van der Waals surface area contributed by atoms with Gasteiger partial charge in [0.15, 0.2) is 12.2 Å². The summed E-state index contributed by atoms with van der Waals surface area (Å²) in [5.74, 6) is -2.19. The summed E-state index contributed by atoms with van der Waals surface area (Å²) in [6.45, 7) is 4.77. The maximum absolute atomic E-state index is 13.1. The highest BCUT2D eigenvalue weighted by molar-refractivity contribution is 7.47. The molecule has 0 spiro atoms. The van der Waals surface area contributed by atoms with Gasteiger partial charge in [-0.15, -0.1) is 0 Å². The molecule has 604 valence electrons. The number of phosphoric ester groups is 2. The van der Waals surface area contributed by atoms with Gasteiger partial charge in [-0.3, -0.25) is 37.3 Å². The van der Waals surface area contributed by atoms with Crippen LogP contribution < -0.4 is 0 Å². The minimum atomic E-state index is -4.98. The Morgan fingerprint density at radius 1 is 0.279 bits per heavy atom. The van der Waals surface area contributed by atoms with Crippen molar-refractivity contribution >= 4 is 39.5 Å². The number of aliphatic hydroxyl groups excluding tert-OH is 1. The normalized spacial score (nSPS) is 14.3. The molecule has 0 heterocycles. The van der Waals surface area contributed by atoms with Gasteiger partial charge in [0.05, 0.1) is 26.4 Å². The Balaban J connectivity index is 5.37. The summed E-state index contributed by atoms with van der Waals surface area (Å²) >= 11 is 0. The van der Waals surface area contributed by atoms with Crippen LogP contribution in [0.25, 0.3) is 0 Å².